The van der Waals surface area contributed by atoms with E-state index in [2.05, 4.69) is 33.7 Å². The van der Waals surface area contributed by atoms with E-state index in [-0.39, 0.29) is 28.0 Å². The molecule has 0 bridgehead atoms. The van der Waals surface area contributed by atoms with E-state index in [1.54, 1.807) is 35.2 Å². The quantitative estimate of drug-likeness (QED) is 0.445. The largest absolute Gasteiger partial charge is 0.495 e. The molecule has 3 heterocycles. The number of benzene rings is 1. The number of aliphatic hydroxyl groups excluding tert-OH is 1. The van der Waals surface area contributed by atoms with Gasteiger partial charge in [0.25, 0.3) is 0 Å². The highest BCUT2D eigenvalue weighted by molar-refractivity contribution is 6.40. The van der Waals surface area contributed by atoms with Crippen LogP contribution >= 0.6 is 23.2 Å². The summed E-state index contributed by atoms with van der Waals surface area (Å²) in [6.45, 7) is 7.29. The molecule has 12 heteroatoms. The number of carbonyl (C=O) groups is 1. The zero-order chi connectivity index (χ0) is 27.7. The number of hydrogen-bond acceptors (Lipinski definition) is 9. The molecule has 2 aliphatic heterocycles. The summed E-state index contributed by atoms with van der Waals surface area (Å²) in [6, 6.07) is 1.78. The number of hydrogen-bond donors (Lipinski definition) is 2. The molecule has 0 radical (unpaired) electrons. The number of likely N-dealkylation sites (N-methyl/N-ethyl adjacent to an activating group) is 1. The van der Waals surface area contributed by atoms with Gasteiger partial charge in [0.05, 0.1) is 24.3 Å². The van der Waals surface area contributed by atoms with Crippen molar-refractivity contribution in [3.63, 3.8) is 0 Å². The third kappa shape index (κ3) is 5.01. The minimum Gasteiger partial charge on any atom is -0.495 e. The van der Waals surface area contributed by atoms with Crippen LogP contribution in [0.15, 0.2) is 24.9 Å². The smallest absolute Gasteiger partial charge is 0.246 e. The van der Waals surface area contributed by atoms with Gasteiger partial charge in [0.2, 0.25) is 11.9 Å². The maximum absolute atomic E-state index is 11.9. The Morgan fingerprint density at radius 2 is 1.95 bits per heavy atom. The van der Waals surface area contributed by atoms with E-state index < -0.39 is 6.23 Å². The molecule has 1 amide bonds. The molecule has 1 unspecified atom stereocenters. The lowest BCUT2D eigenvalue weighted by Gasteiger charge is -2.47. The van der Waals surface area contributed by atoms with Crippen molar-refractivity contribution in [1.82, 2.24) is 19.8 Å². The Hall–Kier alpha value is -3.05. The van der Waals surface area contributed by atoms with Crippen LogP contribution in [-0.2, 0) is 4.79 Å². The number of nitrogens with zero attached hydrogens (tertiary/aromatic N) is 5. The van der Waals surface area contributed by atoms with Crippen LogP contribution in [-0.4, -0.2) is 97.0 Å². The Labute approximate surface area is 232 Å². The van der Waals surface area contributed by atoms with Gasteiger partial charge < -0.3 is 29.7 Å². The number of ether oxygens (including phenoxy) is 2. The average Bonchev–Trinajstić information content (AvgIpc) is 2.89. The van der Waals surface area contributed by atoms with E-state index in [1.165, 1.54) is 20.3 Å². The third-order valence-corrected chi connectivity index (χ3v) is 7.87. The Bertz CT molecular complexity index is 1240. The van der Waals surface area contributed by atoms with Crippen molar-refractivity contribution in [2.24, 2.45) is 0 Å². The normalized spacial score (nSPS) is 17.9. The second-order valence-corrected chi connectivity index (χ2v) is 10.0. The number of aliphatic hydroxyl groups is 1. The molecule has 1 fully saturated rings. The van der Waals surface area contributed by atoms with Crippen LogP contribution in [0.5, 0.6) is 11.5 Å². The maximum atomic E-state index is 11.9. The van der Waals surface area contributed by atoms with Crippen LogP contribution < -0.4 is 19.7 Å². The van der Waals surface area contributed by atoms with Gasteiger partial charge in [-0.05, 0) is 26.1 Å². The van der Waals surface area contributed by atoms with Gasteiger partial charge in [0.15, 0.2) is 6.23 Å². The molecule has 204 valence electrons. The zero-order valence-electron chi connectivity index (χ0n) is 22.0. The number of carbonyl (C=O) groups excluding carboxylic acids is 1. The zero-order valence-corrected chi connectivity index (χ0v) is 23.5. The Morgan fingerprint density at radius 3 is 2.50 bits per heavy atom. The van der Waals surface area contributed by atoms with Gasteiger partial charge in [-0.3, -0.25) is 9.69 Å². The highest BCUT2D eigenvalue weighted by atomic mass is 35.5. The summed E-state index contributed by atoms with van der Waals surface area (Å²) < 4.78 is 10.9. The monoisotopic (exact) mass is 562 g/mol. The summed E-state index contributed by atoms with van der Waals surface area (Å²) in [4.78, 5) is 26.6. The summed E-state index contributed by atoms with van der Waals surface area (Å²) in [5, 5.41) is 15.2. The average molecular weight is 563 g/mol. The second kappa shape index (κ2) is 11.4. The molecule has 2 aromatic rings. The number of rotatable bonds is 9. The van der Waals surface area contributed by atoms with Crippen molar-refractivity contribution < 1.29 is 19.4 Å². The maximum Gasteiger partial charge on any atom is 0.246 e. The Balaban J connectivity index is 1.71. The first kappa shape index (κ1) is 28.0. The lowest BCUT2D eigenvalue weighted by molar-refractivity contribution is -0.133. The van der Waals surface area contributed by atoms with Gasteiger partial charge in [-0.15, -0.1) is 0 Å². The number of nitrogens with one attached hydrogen (secondary N) is 1. The van der Waals surface area contributed by atoms with Gasteiger partial charge in [0, 0.05) is 67.7 Å². The lowest BCUT2D eigenvalue weighted by Crippen LogP contribution is -2.62. The van der Waals surface area contributed by atoms with Crippen LogP contribution in [0.2, 0.25) is 10.0 Å². The van der Waals surface area contributed by atoms with Crippen LogP contribution in [0.3, 0.4) is 0 Å². The number of amides is 1. The predicted molar refractivity (Wildman–Crippen MR) is 150 cm³/mol. The number of fused-ring (bicyclic) bond motifs is 1. The first-order valence-corrected chi connectivity index (χ1v) is 12.8. The molecule has 2 N–H and O–H groups in total. The van der Waals surface area contributed by atoms with E-state index in [0.717, 1.165) is 0 Å². The van der Waals surface area contributed by atoms with Crippen molar-refractivity contribution in [3.05, 3.63) is 46.1 Å². The molecule has 1 saturated heterocycles. The highest BCUT2D eigenvalue weighted by Crippen LogP contribution is 2.47. The minimum atomic E-state index is -1.13. The molecule has 10 nitrogen and oxygen atoms in total. The van der Waals surface area contributed by atoms with Crippen molar-refractivity contribution in [3.8, 4) is 11.5 Å². The molecule has 0 aliphatic carbocycles. The molecular weight excluding hydrogens is 531 g/mol. The predicted octanol–water partition coefficient (Wildman–Crippen LogP) is 3.24. The van der Waals surface area contributed by atoms with Gasteiger partial charge in [-0.25, -0.2) is 4.98 Å². The first-order chi connectivity index (χ1) is 18.1. The van der Waals surface area contributed by atoms with E-state index in [9.17, 15) is 9.90 Å². The lowest BCUT2D eigenvalue weighted by atomic mass is 9.96. The molecule has 4 rings (SSSR count). The first-order valence-electron chi connectivity index (χ1n) is 12.1. The number of likely N-dealkylation sites (tertiary alicyclic amines) is 1. The second-order valence-electron chi connectivity index (χ2n) is 9.25. The van der Waals surface area contributed by atoms with Crippen molar-refractivity contribution in [1.29, 1.82) is 0 Å². The molecule has 2 atom stereocenters. The number of halogens is 2. The summed E-state index contributed by atoms with van der Waals surface area (Å²) in [6.07, 6.45) is 3.66. The van der Waals surface area contributed by atoms with Gasteiger partial charge in [0.1, 0.15) is 17.3 Å². The molecule has 2 aliphatic rings. The fourth-order valence-corrected chi connectivity index (χ4v) is 5.40. The molecule has 38 heavy (non-hydrogen) atoms. The Kier molecular flexibility index (Phi) is 8.37. The summed E-state index contributed by atoms with van der Waals surface area (Å²) in [5.74, 6) is 1.66. The Morgan fingerprint density at radius 1 is 1.32 bits per heavy atom. The minimum absolute atomic E-state index is 0.0124. The number of aromatic nitrogens is 2. The van der Waals surface area contributed by atoms with Gasteiger partial charge in [-0.2, -0.15) is 4.98 Å². The van der Waals surface area contributed by atoms with Crippen LogP contribution in [0, 0.1) is 0 Å². The van der Waals surface area contributed by atoms with Crippen molar-refractivity contribution in [2.45, 2.75) is 25.2 Å². The van der Waals surface area contributed by atoms with E-state index in [1.807, 2.05) is 7.05 Å². The van der Waals surface area contributed by atoms with Gasteiger partial charge >= 0.3 is 0 Å². The molecular formula is C26H32Cl2N6O4. The van der Waals surface area contributed by atoms with E-state index in [4.69, 9.17) is 32.7 Å². The van der Waals surface area contributed by atoms with Gasteiger partial charge in [-0.1, -0.05) is 29.8 Å². The van der Waals surface area contributed by atoms with Crippen LogP contribution in [0.25, 0.3) is 11.6 Å². The number of anilines is 2. The molecule has 1 aromatic heterocycles. The summed E-state index contributed by atoms with van der Waals surface area (Å²) in [7, 11) is 6.75. The van der Waals surface area contributed by atoms with E-state index in [0.29, 0.717) is 59.6 Å². The summed E-state index contributed by atoms with van der Waals surface area (Å²) >= 11 is 13.4. The van der Waals surface area contributed by atoms with Crippen LogP contribution in [0.4, 0.5) is 11.8 Å². The highest BCUT2D eigenvalue weighted by Gasteiger charge is 2.38. The fraction of sp³-hybridized carbons (Fsp3) is 0.423. The van der Waals surface area contributed by atoms with Crippen molar-refractivity contribution in [2.75, 3.05) is 58.2 Å². The molecule has 0 saturated carbocycles. The third-order valence-electron chi connectivity index (χ3n) is 7.12. The summed E-state index contributed by atoms with van der Waals surface area (Å²) in [5.41, 5.74) is 1.56. The van der Waals surface area contributed by atoms with E-state index >= 15 is 0 Å². The SMILES string of the molecule is C=CC(=O)N1CC(N(C)[C@@H](C)CN2c3nc(NC)ncc3C=C(c3c(Cl)c(OC)cc(OC)c3Cl)C2O)C1. The topological polar surface area (TPSA) is 103 Å². The van der Waals surface area contributed by atoms with Crippen LogP contribution in [0.1, 0.15) is 18.1 Å². The molecule has 0 spiro atoms. The number of methoxy groups -OCH3 is 2. The standard InChI is InChI=1S/C26H32Cl2N6O4/c1-7-20(35)33-12-16(13-33)32(4)14(2)11-34-24-15(10-30-26(29-3)31-24)8-17(25(34)36)21-22(27)18(37-5)9-19(38-6)23(21)28/h7-10,14,16,25,36H,1,11-13H2,2-6H3,(H,29,30,31)/t14-,25?/m0/s1. The fourth-order valence-electron chi connectivity index (χ4n) is 4.68. The van der Waals surface area contributed by atoms with Crippen molar-refractivity contribution >= 4 is 52.5 Å². The molecule has 1 aromatic carbocycles.